The molecule has 0 aliphatic heterocycles. The number of carboxylic acids is 1. The van der Waals surface area contributed by atoms with Crippen LogP contribution in [0.2, 0.25) is 0 Å². The van der Waals surface area contributed by atoms with Gasteiger partial charge in [-0.3, -0.25) is 9.59 Å². The van der Waals surface area contributed by atoms with Crippen molar-refractivity contribution in [2.24, 2.45) is 5.73 Å². The van der Waals surface area contributed by atoms with Gasteiger partial charge in [-0.25, -0.2) is 0 Å². The lowest BCUT2D eigenvalue weighted by Gasteiger charge is -2.36. The second-order valence-electron chi connectivity index (χ2n) is 4.60. The first kappa shape index (κ1) is 14.9. The molecule has 0 saturated heterocycles. The predicted octanol–water partition coefficient (Wildman–Crippen LogP) is 0.825. The van der Waals surface area contributed by atoms with E-state index in [9.17, 15) is 9.59 Å². The molecule has 5 nitrogen and oxygen atoms in total. The van der Waals surface area contributed by atoms with E-state index < -0.39 is 12.0 Å². The van der Waals surface area contributed by atoms with Crippen LogP contribution in [0.5, 0.6) is 0 Å². The molecule has 0 aliphatic rings. The molecule has 0 bridgehead atoms. The fourth-order valence-corrected chi connectivity index (χ4v) is 1.19. The lowest BCUT2D eigenvalue weighted by atomic mass is 9.98. The highest BCUT2D eigenvalue weighted by Gasteiger charge is 2.29. The predicted molar refractivity (Wildman–Crippen MR) is 62.0 cm³/mol. The zero-order valence-electron chi connectivity index (χ0n) is 10.5. The van der Waals surface area contributed by atoms with Crippen LogP contribution in [0.1, 0.15) is 40.0 Å². The van der Waals surface area contributed by atoms with Gasteiger partial charge in [0.2, 0.25) is 5.91 Å². The smallest absolute Gasteiger partial charge is 0.303 e. The molecule has 0 fully saturated rings. The molecule has 1 atom stereocenters. The molecule has 0 aromatic rings. The minimum atomic E-state index is -0.930. The molecule has 0 aromatic heterocycles. The molecular weight excluding hydrogens is 208 g/mol. The Bertz CT molecular complexity index is 264. The highest BCUT2D eigenvalue weighted by atomic mass is 16.4. The van der Waals surface area contributed by atoms with Crippen LogP contribution in [0, 0.1) is 0 Å². The number of nitrogens with zero attached hydrogens (tertiary/aromatic N) is 1. The summed E-state index contributed by atoms with van der Waals surface area (Å²) in [6.07, 6.45) is 0.923. The molecule has 1 unspecified atom stereocenters. The molecule has 5 heteroatoms. The summed E-state index contributed by atoms with van der Waals surface area (Å²) in [5, 5.41) is 8.51. The third-order valence-electron chi connectivity index (χ3n) is 3.09. The number of carbonyl (C=O) groups excluding carboxylic acids is 1. The Morgan fingerprint density at radius 1 is 1.44 bits per heavy atom. The van der Waals surface area contributed by atoms with Gasteiger partial charge in [0.15, 0.2) is 0 Å². The normalized spacial score (nSPS) is 13.3. The first-order chi connectivity index (χ1) is 7.22. The van der Waals surface area contributed by atoms with Crippen molar-refractivity contribution >= 4 is 11.9 Å². The molecule has 0 aliphatic carbocycles. The fourth-order valence-electron chi connectivity index (χ4n) is 1.19. The van der Waals surface area contributed by atoms with Crippen LogP contribution in [0.4, 0.5) is 0 Å². The van der Waals surface area contributed by atoms with Crippen molar-refractivity contribution in [3.8, 4) is 0 Å². The number of hydrogen-bond acceptors (Lipinski definition) is 3. The van der Waals surface area contributed by atoms with Crippen molar-refractivity contribution in [2.75, 3.05) is 7.05 Å². The van der Waals surface area contributed by atoms with Gasteiger partial charge in [0.05, 0.1) is 6.04 Å². The number of hydrogen-bond donors (Lipinski definition) is 2. The van der Waals surface area contributed by atoms with Crippen molar-refractivity contribution < 1.29 is 14.7 Å². The summed E-state index contributed by atoms with van der Waals surface area (Å²) in [7, 11) is 1.70. The molecule has 0 aromatic carbocycles. The molecule has 0 heterocycles. The van der Waals surface area contributed by atoms with Crippen LogP contribution in [-0.4, -0.2) is 40.5 Å². The number of carbonyl (C=O) groups is 2. The van der Waals surface area contributed by atoms with E-state index in [-0.39, 0.29) is 24.3 Å². The van der Waals surface area contributed by atoms with E-state index in [1.807, 2.05) is 20.8 Å². The Kier molecular flexibility index (Phi) is 5.44. The summed E-state index contributed by atoms with van der Waals surface area (Å²) in [6.45, 7) is 5.90. The van der Waals surface area contributed by atoms with Gasteiger partial charge in [0, 0.05) is 19.0 Å². The topological polar surface area (TPSA) is 83.6 Å². The van der Waals surface area contributed by atoms with Gasteiger partial charge in [-0.05, 0) is 26.7 Å². The van der Waals surface area contributed by atoms with Crippen LogP contribution >= 0.6 is 0 Å². The van der Waals surface area contributed by atoms with E-state index in [0.717, 1.165) is 6.42 Å². The average molecular weight is 230 g/mol. The van der Waals surface area contributed by atoms with Crippen LogP contribution in [0.3, 0.4) is 0 Å². The van der Waals surface area contributed by atoms with Crippen molar-refractivity contribution in [1.29, 1.82) is 0 Å². The maximum absolute atomic E-state index is 11.9. The molecule has 3 N–H and O–H groups in total. The van der Waals surface area contributed by atoms with Crippen LogP contribution in [0.25, 0.3) is 0 Å². The van der Waals surface area contributed by atoms with E-state index in [0.29, 0.717) is 0 Å². The second kappa shape index (κ2) is 5.84. The van der Waals surface area contributed by atoms with E-state index >= 15 is 0 Å². The van der Waals surface area contributed by atoms with Gasteiger partial charge in [-0.2, -0.15) is 0 Å². The number of likely N-dealkylation sites (N-methyl/N-ethyl adjacent to an activating group) is 1. The SMILES string of the molecule is CCC(C)(C)N(C)C(=O)C(N)CCC(=O)O. The Hall–Kier alpha value is -1.10. The summed E-state index contributed by atoms with van der Waals surface area (Å²) in [4.78, 5) is 23.8. The maximum Gasteiger partial charge on any atom is 0.303 e. The monoisotopic (exact) mass is 230 g/mol. The van der Waals surface area contributed by atoms with Gasteiger partial charge in [0.25, 0.3) is 0 Å². The van der Waals surface area contributed by atoms with E-state index in [1.54, 1.807) is 11.9 Å². The Balaban J connectivity index is 4.38. The molecule has 0 radical (unpaired) electrons. The number of nitrogens with two attached hydrogens (primary N) is 1. The summed E-state index contributed by atoms with van der Waals surface area (Å²) < 4.78 is 0. The van der Waals surface area contributed by atoms with Gasteiger partial charge < -0.3 is 15.7 Å². The molecular formula is C11H22N2O3. The Labute approximate surface area is 96.6 Å². The highest BCUT2D eigenvalue weighted by Crippen LogP contribution is 2.17. The molecule has 0 spiro atoms. The standard InChI is InChI=1S/C11H22N2O3/c1-5-11(2,3)13(4)10(16)8(12)6-7-9(14)15/h8H,5-7,12H2,1-4H3,(H,14,15). The molecule has 0 rings (SSSR count). The van der Waals surface area contributed by atoms with Crippen molar-refractivity contribution in [3.05, 3.63) is 0 Å². The quantitative estimate of drug-likeness (QED) is 0.707. The van der Waals surface area contributed by atoms with Gasteiger partial charge in [-0.1, -0.05) is 6.92 Å². The zero-order valence-corrected chi connectivity index (χ0v) is 10.5. The molecule has 0 saturated carbocycles. The first-order valence-corrected chi connectivity index (χ1v) is 5.47. The second-order valence-corrected chi connectivity index (χ2v) is 4.60. The summed E-state index contributed by atoms with van der Waals surface area (Å²) >= 11 is 0. The van der Waals surface area contributed by atoms with E-state index in [4.69, 9.17) is 10.8 Å². The number of carboxylic acid groups (broad SMARTS) is 1. The molecule has 16 heavy (non-hydrogen) atoms. The van der Waals surface area contributed by atoms with E-state index in [2.05, 4.69) is 0 Å². The van der Waals surface area contributed by atoms with Crippen LogP contribution in [-0.2, 0) is 9.59 Å². The lowest BCUT2D eigenvalue weighted by Crippen LogP contribution is -2.51. The van der Waals surface area contributed by atoms with Crippen molar-refractivity contribution in [1.82, 2.24) is 4.90 Å². The largest absolute Gasteiger partial charge is 0.481 e. The third-order valence-corrected chi connectivity index (χ3v) is 3.09. The number of amides is 1. The van der Waals surface area contributed by atoms with Crippen molar-refractivity contribution in [2.45, 2.75) is 51.6 Å². The first-order valence-electron chi connectivity index (χ1n) is 5.47. The Morgan fingerprint density at radius 2 is 1.94 bits per heavy atom. The lowest BCUT2D eigenvalue weighted by molar-refractivity contribution is -0.138. The molecule has 94 valence electrons. The van der Waals surface area contributed by atoms with Crippen LogP contribution in [0.15, 0.2) is 0 Å². The molecule has 1 amide bonds. The van der Waals surface area contributed by atoms with Crippen molar-refractivity contribution in [3.63, 3.8) is 0 Å². The fraction of sp³-hybridized carbons (Fsp3) is 0.818. The number of aliphatic carboxylic acids is 1. The number of rotatable bonds is 6. The third kappa shape index (κ3) is 4.18. The van der Waals surface area contributed by atoms with Gasteiger partial charge >= 0.3 is 5.97 Å². The summed E-state index contributed by atoms with van der Waals surface area (Å²) in [5.74, 6) is -1.13. The minimum absolute atomic E-state index is 0.0761. The zero-order chi connectivity index (χ0) is 12.9. The summed E-state index contributed by atoms with van der Waals surface area (Å²) in [6, 6.07) is -0.730. The average Bonchev–Trinajstić information content (AvgIpc) is 2.23. The Morgan fingerprint density at radius 3 is 2.31 bits per heavy atom. The van der Waals surface area contributed by atoms with Gasteiger partial charge in [-0.15, -0.1) is 0 Å². The van der Waals surface area contributed by atoms with Crippen LogP contribution < -0.4 is 5.73 Å². The minimum Gasteiger partial charge on any atom is -0.481 e. The highest BCUT2D eigenvalue weighted by molar-refractivity contribution is 5.82. The van der Waals surface area contributed by atoms with E-state index in [1.165, 1.54) is 0 Å². The maximum atomic E-state index is 11.9. The summed E-state index contributed by atoms with van der Waals surface area (Å²) in [5.41, 5.74) is 5.41. The van der Waals surface area contributed by atoms with Gasteiger partial charge in [0.1, 0.15) is 0 Å².